The molecule has 2 unspecified atom stereocenters. The van der Waals surface area contributed by atoms with Crippen molar-refractivity contribution in [1.82, 2.24) is 15.6 Å². The number of rotatable bonds is 3. The zero-order valence-electron chi connectivity index (χ0n) is 11.5. The van der Waals surface area contributed by atoms with Crippen LogP contribution in [0, 0.1) is 18.3 Å². The lowest BCUT2D eigenvalue weighted by molar-refractivity contribution is -0.124. The molecule has 5 nitrogen and oxygen atoms in total. The van der Waals surface area contributed by atoms with E-state index in [-0.39, 0.29) is 23.3 Å². The Morgan fingerprint density at radius 1 is 1.58 bits per heavy atom. The Bertz CT molecular complexity index is 477. The van der Waals surface area contributed by atoms with E-state index in [1.807, 2.05) is 13.8 Å². The van der Waals surface area contributed by atoms with Crippen molar-refractivity contribution in [2.75, 3.05) is 13.1 Å². The Balaban J connectivity index is 1.57. The van der Waals surface area contributed by atoms with Crippen LogP contribution in [0.5, 0.6) is 0 Å². The Morgan fingerprint density at radius 3 is 2.95 bits per heavy atom. The molecule has 1 saturated heterocycles. The summed E-state index contributed by atoms with van der Waals surface area (Å²) in [7, 11) is 0. The molecule has 1 aromatic rings. The van der Waals surface area contributed by atoms with Crippen molar-refractivity contribution in [3.8, 4) is 0 Å². The van der Waals surface area contributed by atoms with Crippen molar-refractivity contribution < 1.29 is 9.21 Å². The number of carbonyl (C=O) groups excluding carboxylic acids is 1. The van der Waals surface area contributed by atoms with Gasteiger partial charge in [-0.1, -0.05) is 0 Å². The van der Waals surface area contributed by atoms with Gasteiger partial charge in [0.1, 0.15) is 11.8 Å². The van der Waals surface area contributed by atoms with Crippen LogP contribution in [0.15, 0.2) is 10.6 Å². The van der Waals surface area contributed by atoms with Gasteiger partial charge in [0.25, 0.3) is 0 Å². The monoisotopic (exact) mass is 263 g/mol. The highest BCUT2D eigenvalue weighted by Crippen LogP contribution is 2.58. The molecule has 2 fully saturated rings. The predicted molar refractivity (Wildman–Crippen MR) is 70.4 cm³/mol. The van der Waals surface area contributed by atoms with Gasteiger partial charge in [-0.05, 0) is 51.6 Å². The molecule has 0 radical (unpaired) electrons. The molecule has 1 saturated carbocycles. The second-order valence-corrected chi connectivity index (χ2v) is 5.91. The summed E-state index contributed by atoms with van der Waals surface area (Å²) in [6, 6.07) is -0.152. The third kappa shape index (κ3) is 2.39. The summed E-state index contributed by atoms with van der Waals surface area (Å²) in [4.78, 5) is 16.4. The normalized spacial score (nSPS) is 26.1. The second-order valence-electron chi connectivity index (χ2n) is 5.91. The molecule has 5 heteroatoms. The second kappa shape index (κ2) is 4.63. The lowest BCUT2D eigenvalue weighted by Crippen LogP contribution is -2.34. The van der Waals surface area contributed by atoms with Gasteiger partial charge in [-0.3, -0.25) is 4.79 Å². The van der Waals surface area contributed by atoms with Crippen molar-refractivity contribution in [3.63, 3.8) is 0 Å². The first-order valence-electron chi connectivity index (χ1n) is 7.04. The van der Waals surface area contributed by atoms with Gasteiger partial charge in [-0.25, -0.2) is 4.98 Å². The van der Waals surface area contributed by atoms with Gasteiger partial charge in [-0.2, -0.15) is 0 Å². The van der Waals surface area contributed by atoms with Crippen LogP contribution in [0.3, 0.4) is 0 Å². The average Bonchev–Trinajstić information content (AvgIpc) is 2.89. The van der Waals surface area contributed by atoms with E-state index in [2.05, 4.69) is 15.6 Å². The molecule has 2 heterocycles. The number of aromatic nitrogens is 1. The molecule has 1 amide bonds. The SMILES string of the molecule is Cc1cnc(C(C)NC(=O)C2CC23CCNCC3)o1. The van der Waals surface area contributed by atoms with Crippen LogP contribution in [-0.4, -0.2) is 24.0 Å². The highest BCUT2D eigenvalue weighted by molar-refractivity contribution is 5.82. The summed E-state index contributed by atoms with van der Waals surface area (Å²) >= 11 is 0. The molecule has 2 aliphatic rings. The Labute approximate surface area is 113 Å². The van der Waals surface area contributed by atoms with Crippen molar-refractivity contribution in [3.05, 3.63) is 17.8 Å². The molecule has 1 aromatic heterocycles. The number of hydrogen-bond donors (Lipinski definition) is 2. The first-order valence-corrected chi connectivity index (χ1v) is 7.04. The zero-order chi connectivity index (χ0) is 13.5. The molecule has 104 valence electrons. The van der Waals surface area contributed by atoms with Gasteiger partial charge in [0.05, 0.1) is 6.20 Å². The summed E-state index contributed by atoms with van der Waals surface area (Å²) < 4.78 is 5.45. The van der Waals surface area contributed by atoms with E-state index in [0.29, 0.717) is 5.89 Å². The molecule has 19 heavy (non-hydrogen) atoms. The van der Waals surface area contributed by atoms with Gasteiger partial charge in [0.2, 0.25) is 11.8 Å². The van der Waals surface area contributed by atoms with Gasteiger partial charge in [0.15, 0.2) is 0 Å². The number of nitrogens with zero attached hydrogens (tertiary/aromatic N) is 1. The number of carbonyl (C=O) groups is 1. The van der Waals surface area contributed by atoms with Crippen molar-refractivity contribution >= 4 is 5.91 Å². The molecular formula is C14H21N3O2. The van der Waals surface area contributed by atoms with E-state index < -0.39 is 0 Å². The van der Waals surface area contributed by atoms with Gasteiger partial charge in [-0.15, -0.1) is 0 Å². The maximum absolute atomic E-state index is 12.3. The molecule has 2 N–H and O–H groups in total. The molecular weight excluding hydrogens is 242 g/mol. The molecule has 2 atom stereocenters. The smallest absolute Gasteiger partial charge is 0.224 e. The fourth-order valence-corrected chi connectivity index (χ4v) is 3.14. The van der Waals surface area contributed by atoms with E-state index in [9.17, 15) is 4.79 Å². The number of hydrogen-bond acceptors (Lipinski definition) is 4. The van der Waals surface area contributed by atoms with E-state index in [0.717, 1.165) is 38.1 Å². The van der Waals surface area contributed by atoms with Crippen LogP contribution >= 0.6 is 0 Å². The van der Waals surface area contributed by atoms with Crippen molar-refractivity contribution in [1.29, 1.82) is 0 Å². The van der Waals surface area contributed by atoms with Crippen LogP contribution in [0.1, 0.15) is 43.9 Å². The minimum Gasteiger partial charge on any atom is -0.444 e. The van der Waals surface area contributed by atoms with Crippen LogP contribution in [0.25, 0.3) is 0 Å². The zero-order valence-corrected chi connectivity index (χ0v) is 11.5. The molecule has 1 spiro atoms. The summed E-state index contributed by atoms with van der Waals surface area (Å²) in [5.74, 6) is 1.71. The van der Waals surface area contributed by atoms with Crippen molar-refractivity contribution in [2.45, 2.75) is 39.2 Å². The third-order valence-electron chi connectivity index (χ3n) is 4.47. The molecule has 0 aromatic carbocycles. The fraction of sp³-hybridized carbons (Fsp3) is 0.714. The number of oxazole rings is 1. The average molecular weight is 263 g/mol. The largest absolute Gasteiger partial charge is 0.444 e. The lowest BCUT2D eigenvalue weighted by Gasteiger charge is -2.23. The summed E-state index contributed by atoms with van der Waals surface area (Å²) in [5, 5.41) is 6.38. The topological polar surface area (TPSA) is 67.2 Å². The Kier molecular flexibility index (Phi) is 3.09. The summed E-state index contributed by atoms with van der Waals surface area (Å²) in [6.07, 6.45) is 4.97. The molecule has 1 aliphatic heterocycles. The predicted octanol–water partition coefficient (Wildman–Crippen LogP) is 1.55. The maximum atomic E-state index is 12.3. The molecule has 0 bridgehead atoms. The quantitative estimate of drug-likeness (QED) is 0.868. The van der Waals surface area contributed by atoms with E-state index in [1.165, 1.54) is 0 Å². The Morgan fingerprint density at radius 2 is 2.32 bits per heavy atom. The summed E-state index contributed by atoms with van der Waals surface area (Å²) in [5.41, 5.74) is 0.279. The maximum Gasteiger partial charge on any atom is 0.224 e. The Hall–Kier alpha value is -1.36. The third-order valence-corrected chi connectivity index (χ3v) is 4.47. The van der Waals surface area contributed by atoms with Gasteiger partial charge in [0, 0.05) is 5.92 Å². The van der Waals surface area contributed by atoms with Crippen LogP contribution in [0.4, 0.5) is 0 Å². The minimum atomic E-state index is -0.152. The molecule has 3 rings (SSSR count). The standard InChI is InChI=1S/C14H21N3O2/c1-9-8-16-13(19-9)10(2)17-12(18)11-7-14(11)3-5-15-6-4-14/h8,10-11,15H,3-7H2,1-2H3,(H,17,18). The first-order chi connectivity index (χ1) is 9.11. The van der Waals surface area contributed by atoms with E-state index >= 15 is 0 Å². The highest BCUT2D eigenvalue weighted by atomic mass is 16.4. The minimum absolute atomic E-state index is 0.152. The lowest BCUT2D eigenvalue weighted by atomic mass is 9.91. The van der Waals surface area contributed by atoms with Crippen LogP contribution in [0.2, 0.25) is 0 Å². The van der Waals surface area contributed by atoms with Crippen LogP contribution in [-0.2, 0) is 4.79 Å². The number of aryl methyl sites for hydroxylation is 1. The van der Waals surface area contributed by atoms with Gasteiger partial charge >= 0.3 is 0 Å². The number of piperidine rings is 1. The van der Waals surface area contributed by atoms with E-state index in [1.54, 1.807) is 6.20 Å². The van der Waals surface area contributed by atoms with Crippen LogP contribution < -0.4 is 10.6 Å². The summed E-state index contributed by atoms with van der Waals surface area (Å²) in [6.45, 7) is 5.85. The number of amides is 1. The van der Waals surface area contributed by atoms with Gasteiger partial charge < -0.3 is 15.1 Å². The highest BCUT2D eigenvalue weighted by Gasteiger charge is 2.57. The first kappa shape index (κ1) is 12.7. The number of nitrogens with one attached hydrogen (secondary N) is 2. The molecule has 1 aliphatic carbocycles. The fourth-order valence-electron chi connectivity index (χ4n) is 3.14. The van der Waals surface area contributed by atoms with E-state index in [4.69, 9.17) is 4.42 Å². The van der Waals surface area contributed by atoms with Crippen molar-refractivity contribution in [2.24, 2.45) is 11.3 Å².